The van der Waals surface area contributed by atoms with Crippen molar-refractivity contribution in [3.8, 4) is 22.8 Å². The van der Waals surface area contributed by atoms with Gasteiger partial charge in [0.05, 0.1) is 19.1 Å². The van der Waals surface area contributed by atoms with Crippen LogP contribution >= 0.6 is 13.5 Å². The molecule has 0 aliphatic heterocycles. The fourth-order valence-corrected chi connectivity index (χ4v) is 4.46. The van der Waals surface area contributed by atoms with E-state index in [4.69, 9.17) is 14.0 Å². The summed E-state index contributed by atoms with van der Waals surface area (Å²) in [6, 6.07) is 12.2. The highest BCUT2D eigenvalue weighted by molar-refractivity contribution is 7.59. The largest absolute Gasteiger partial charge is 0.497 e. The maximum atomic E-state index is 14.6. The van der Waals surface area contributed by atoms with E-state index in [0.717, 1.165) is 36.8 Å². The summed E-state index contributed by atoms with van der Waals surface area (Å²) in [5, 5.41) is 13.5. The molecule has 6 nitrogen and oxygen atoms in total. The molecule has 1 aromatic heterocycles. The van der Waals surface area contributed by atoms with Crippen LogP contribution in [0.25, 0.3) is 11.3 Å². The van der Waals surface area contributed by atoms with Gasteiger partial charge in [-0.05, 0) is 79.3 Å². The molecule has 8 heteroatoms. The van der Waals surface area contributed by atoms with Crippen molar-refractivity contribution in [2.24, 2.45) is 5.92 Å². The lowest BCUT2D eigenvalue weighted by molar-refractivity contribution is -0.137. The number of rotatable bonds is 10. The van der Waals surface area contributed by atoms with Crippen molar-refractivity contribution in [3.63, 3.8) is 0 Å². The second-order valence-electron chi connectivity index (χ2n) is 8.90. The highest BCUT2D eigenvalue weighted by Crippen LogP contribution is 2.47. The molecule has 2 fully saturated rings. The highest BCUT2D eigenvalue weighted by atomic mass is 32.1. The van der Waals surface area contributed by atoms with E-state index in [1.807, 2.05) is 24.3 Å². The molecule has 0 amide bonds. The monoisotopic (exact) mass is 485 g/mol. The zero-order chi connectivity index (χ0) is 22.9. The Labute approximate surface area is 204 Å². The second kappa shape index (κ2) is 10.1. The lowest BCUT2D eigenvalue weighted by Crippen LogP contribution is -2.08. The van der Waals surface area contributed by atoms with E-state index in [1.165, 1.54) is 13.2 Å². The molecule has 5 rings (SSSR count). The Hall–Kier alpha value is -3.00. The van der Waals surface area contributed by atoms with Gasteiger partial charge in [-0.25, -0.2) is 4.39 Å². The number of carboxylic acids is 1. The van der Waals surface area contributed by atoms with Crippen LogP contribution in [-0.4, -0.2) is 23.3 Å². The number of hydrogen-bond donors (Lipinski definition) is 1. The molecule has 1 N–H and O–H groups in total. The summed E-state index contributed by atoms with van der Waals surface area (Å²) in [7, 11) is 1.54. The van der Waals surface area contributed by atoms with E-state index >= 15 is 0 Å². The maximum absolute atomic E-state index is 14.6. The molecule has 1 heterocycles. The number of hydrogen-bond acceptors (Lipinski definition) is 5. The number of carboxylic acid groups (broad SMARTS) is 1. The second-order valence-corrected chi connectivity index (χ2v) is 8.90. The Morgan fingerprint density at radius 1 is 1.18 bits per heavy atom. The SMILES string of the molecule is COc1ccc(F)c(-c2onc(COc3cccc([C@@H](CC(=O)O)C4CC4)c3)c2C2CC2)c1.S. The van der Waals surface area contributed by atoms with E-state index in [1.54, 1.807) is 12.1 Å². The highest BCUT2D eigenvalue weighted by Gasteiger charge is 2.35. The zero-order valence-electron chi connectivity index (χ0n) is 18.9. The van der Waals surface area contributed by atoms with Crippen molar-refractivity contribution < 1.29 is 28.3 Å². The number of benzene rings is 2. The van der Waals surface area contributed by atoms with Gasteiger partial charge in [-0.15, -0.1) is 0 Å². The molecule has 3 aromatic rings. The van der Waals surface area contributed by atoms with E-state index in [9.17, 15) is 14.3 Å². The first-order valence-electron chi connectivity index (χ1n) is 11.3. The van der Waals surface area contributed by atoms with Gasteiger partial charge in [0.1, 0.15) is 29.6 Å². The van der Waals surface area contributed by atoms with Gasteiger partial charge in [0.2, 0.25) is 0 Å². The molecule has 1 atom stereocenters. The third-order valence-corrected chi connectivity index (χ3v) is 6.45. The van der Waals surface area contributed by atoms with Crippen LogP contribution in [0.4, 0.5) is 4.39 Å². The van der Waals surface area contributed by atoms with Crippen LogP contribution in [0, 0.1) is 11.7 Å². The minimum atomic E-state index is -0.785. The van der Waals surface area contributed by atoms with Gasteiger partial charge in [0.25, 0.3) is 0 Å². The molecule has 2 saturated carbocycles. The molecule has 180 valence electrons. The summed E-state index contributed by atoms with van der Waals surface area (Å²) >= 11 is 0. The number of aromatic nitrogens is 1. The lowest BCUT2D eigenvalue weighted by atomic mass is 9.91. The van der Waals surface area contributed by atoms with Crippen molar-refractivity contribution >= 4 is 19.5 Å². The van der Waals surface area contributed by atoms with Crippen molar-refractivity contribution in [3.05, 3.63) is 65.1 Å². The van der Waals surface area contributed by atoms with Crippen molar-refractivity contribution in [1.82, 2.24) is 5.16 Å². The first kappa shape index (κ1) is 24.1. The first-order chi connectivity index (χ1) is 16.0. The van der Waals surface area contributed by atoms with Crippen LogP contribution in [0.2, 0.25) is 0 Å². The van der Waals surface area contributed by atoms with Crippen LogP contribution in [-0.2, 0) is 11.4 Å². The molecule has 34 heavy (non-hydrogen) atoms. The van der Waals surface area contributed by atoms with Crippen LogP contribution < -0.4 is 9.47 Å². The summed E-state index contributed by atoms with van der Waals surface area (Å²) in [6.07, 6.45) is 4.26. The predicted octanol–water partition coefficient (Wildman–Crippen LogP) is 6.03. The lowest BCUT2D eigenvalue weighted by Gasteiger charge is -2.16. The van der Waals surface area contributed by atoms with Gasteiger partial charge in [-0.2, -0.15) is 13.5 Å². The average molecular weight is 486 g/mol. The summed E-state index contributed by atoms with van der Waals surface area (Å²) < 4.78 is 31.5. The topological polar surface area (TPSA) is 81.8 Å². The Morgan fingerprint density at radius 2 is 1.97 bits per heavy atom. The molecular formula is C26H28FNO5S. The smallest absolute Gasteiger partial charge is 0.303 e. The summed E-state index contributed by atoms with van der Waals surface area (Å²) in [6.45, 7) is 0.192. The van der Waals surface area contributed by atoms with E-state index in [2.05, 4.69) is 5.16 Å². The third-order valence-electron chi connectivity index (χ3n) is 6.45. The Balaban J connectivity index is 0.00000274. The normalized spacial score (nSPS) is 15.9. The molecule has 2 aliphatic rings. The first-order valence-corrected chi connectivity index (χ1v) is 11.3. The molecule has 0 radical (unpaired) electrons. The quantitative estimate of drug-likeness (QED) is 0.378. The number of aliphatic carboxylic acids is 1. The average Bonchev–Trinajstić information content (AvgIpc) is 3.75. The fraction of sp³-hybridized carbons (Fsp3) is 0.385. The number of methoxy groups -OCH3 is 1. The summed E-state index contributed by atoms with van der Waals surface area (Å²) in [4.78, 5) is 11.3. The van der Waals surface area contributed by atoms with Crippen molar-refractivity contribution in [1.29, 1.82) is 0 Å². The molecular weight excluding hydrogens is 457 g/mol. The van der Waals surface area contributed by atoms with Gasteiger partial charge in [-0.1, -0.05) is 17.3 Å². The zero-order valence-corrected chi connectivity index (χ0v) is 19.9. The summed E-state index contributed by atoms with van der Waals surface area (Å²) in [5.41, 5.74) is 2.86. The van der Waals surface area contributed by atoms with Crippen molar-refractivity contribution in [2.75, 3.05) is 7.11 Å². The molecule has 0 saturated heterocycles. The van der Waals surface area contributed by atoms with Crippen LogP contribution in [0.3, 0.4) is 0 Å². The van der Waals surface area contributed by atoms with Gasteiger partial charge < -0.3 is 19.1 Å². The molecule has 0 unspecified atom stereocenters. The van der Waals surface area contributed by atoms with E-state index in [-0.39, 0.29) is 38.4 Å². The Morgan fingerprint density at radius 3 is 2.65 bits per heavy atom. The summed E-state index contributed by atoms with van der Waals surface area (Å²) in [5.74, 6) is 1.16. The van der Waals surface area contributed by atoms with Crippen LogP contribution in [0.1, 0.15) is 60.8 Å². The Bertz CT molecular complexity index is 1170. The van der Waals surface area contributed by atoms with Gasteiger partial charge in [-0.3, -0.25) is 4.79 Å². The van der Waals surface area contributed by atoms with Gasteiger partial charge >= 0.3 is 5.97 Å². The van der Waals surface area contributed by atoms with Crippen LogP contribution in [0.15, 0.2) is 47.0 Å². The Kier molecular flexibility index (Phi) is 7.16. The third kappa shape index (κ3) is 5.22. The molecule has 2 aromatic carbocycles. The van der Waals surface area contributed by atoms with E-state index in [0.29, 0.717) is 34.4 Å². The van der Waals surface area contributed by atoms with Gasteiger partial charge in [0, 0.05) is 5.56 Å². The van der Waals surface area contributed by atoms with Crippen LogP contribution in [0.5, 0.6) is 11.5 Å². The predicted molar refractivity (Wildman–Crippen MR) is 129 cm³/mol. The molecule has 2 aliphatic carbocycles. The maximum Gasteiger partial charge on any atom is 0.303 e. The van der Waals surface area contributed by atoms with Crippen molar-refractivity contribution in [2.45, 2.75) is 50.5 Å². The standard InChI is InChI=1S/C26H26FNO5.H2S/c1-31-18-9-10-22(27)21(12-18)26-25(16-7-8-16)23(28-33-26)14-32-19-4-2-3-17(11-19)20(13-24(29)30)15-5-6-15;/h2-4,9-12,15-16,20H,5-8,13-14H2,1H3,(H,29,30);1H2/t20-;/m0./s1. The van der Waals surface area contributed by atoms with Gasteiger partial charge in [0.15, 0.2) is 5.76 Å². The number of ether oxygens (including phenoxy) is 2. The number of carbonyl (C=O) groups is 1. The molecule has 0 spiro atoms. The number of halogens is 1. The van der Waals surface area contributed by atoms with E-state index < -0.39 is 11.8 Å². The fourth-order valence-electron chi connectivity index (χ4n) is 4.46. The number of nitrogens with zero attached hydrogens (tertiary/aromatic N) is 1. The minimum Gasteiger partial charge on any atom is -0.497 e. The molecule has 0 bridgehead atoms. The minimum absolute atomic E-state index is 0.